The third-order valence-electron chi connectivity index (χ3n) is 2.25. The maximum Gasteiger partial charge on any atom is 0.271 e. The van der Waals surface area contributed by atoms with Crippen molar-refractivity contribution in [1.82, 2.24) is 14.8 Å². The molecule has 0 fully saturated rings. The zero-order chi connectivity index (χ0) is 13.3. The van der Waals surface area contributed by atoms with Gasteiger partial charge in [-0.15, -0.1) is 0 Å². The Kier molecular flexibility index (Phi) is 2.68. The summed E-state index contributed by atoms with van der Waals surface area (Å²) >= 11 is 0. The molecule has 0 saturated heterocycles. The van der Waals surface area contributed by atoms with Crippen LogP contribution < -0.4 is 17.2 Å². The molecule has 2 amide bonds. The number of amides is 2. The van der Waals surface area contributed by atoms with Crippen LogP contribution in [0, 0.1) is 0 Å². The lowest BCUT2D eigenvalue weighted by Gasteiger charge is -2.04. The van der Waals surface area contributed by atoms with Crippen molar-refractivity contribution in [3.63, 3.8) is 0 Å². The number of pyridine rings is 1. The van der Waals surface area contributed by atoms with E-state index in [2.05, 4.69) is 10.1 Å². The fourth-order valence-corrected chi connectivity index (χ4v) is 1.46. The molecule has 0 unspecified atom stereocenters. The second-order valence-corrected chi connectivity index (χ2v) is 3.48. The van der Waals surface area contributed by atoms with Crippen LogP contribution in [0.3, 0.4) is 0 Å². The van der Waals surface area contributed by atoms with Gasteiger partial charge in [0.25, 0.3) is 11.8 Å². The zero-order valence-electron chi connectivity index (χ0n) is 9.20. The largest absolute Gasteiger partial charge is 0.396 e. The predicted octanol–water partition coefficient (Wildman–Crippen LogP) is -0.953. The molecule has 0 saturated carbocycles. The van der Waals surface area contributed by atoms with Crippen molar-refractivity contribution < 1.29 is 9.59 Å². The van der Waals surface area contributed by atoms with Gasteiger partial charge < -0.3 is 17.2 Å². The fraction of sp³-hybridized carbons (Fsp3) is 0. The van der Waals surface area contributed by atoms with Gasteiger partial charge in [0, 0.05) is 6.20 Å². The van der Waals surface area contributed by atoms with Gasteiger partial charge in [0.05, 0.1) is 17.4 Å². The number of primary amides is 2. The van der Waals surface area contributed by atoms with Crippen LogP contribution in [0.25, 0.3) is 5.82 Å². The summed E-state index contributed by atoms with van der Waals surface area (Å²) < 4.78 is 1.19. The van der Waals surface area contributed by atoms with Crippen molar-refractivity contribution in [3.8, 4) is 5.82 Å². The predicted molar refractivity (Wildman–Crippen MR) is 62.8 cm³/mol. The summed E-state index contributed by atoms with van der Waals surface area (Å²) in [5.41, 5.74) is 16.1. The third kappa shape index (κ3) is 1.86. The summed E-state index contributed by atoms with van der Waals surface area (Å²) in [7, 11) is 0. The Balaban J connectivity index is 2.59. The van der Waals surface area contributed by atoms with Crippen LogP contribution in [0.2, 0.25) is 0 Å². The summed E-state index contributed by atoms with van der Waals surface area (Å²) in [4.78, 5) is 26.3. The Hall–Kier alpha value is -2.90. The second kappa shape index (κ2) is 4.17. The van der Waals surface area contributed by atoms with E-state index in [-0.39, 0.29) is 22.8 Å². The highest BCUT2D eigenvalue weighted by Crippen LogP contribution is 2.15. The van der Waals surface area contributed by atoms with Gasteiger partial charge in [0.1, 0.15) is 0 Å². The van der Waals surface area contributed by atoms with E-state index in [4.69, 9.17) is 17.2 Å². The van der Waals surface area contributed by atoms with Crippen LogP contribution in [-0.2, 0) is 0 Å². The quantitative estimate of drug-likeness (QED) is 0.639. The van der Waals surface area contributed by atoms with Gasteiger partial charge in [-0.3, -0.25) is 9.59 Å². The van der Waals surface area contributed by atoms with Crippen LogP contribution in [0.5, 0.6) is 0 Å². The Morgan fingerprint density at radius 1 is 1.22 bits per heavy atom. The van der Waals surface area contributed by atoms with Crippen LogP contribution >= 0.6 is 0 Å². The molecule has 0 radical (unpaired) electrons. The summed E-state index contributed by atoms with van der Waals surface area (Å²) in [6.45, 7) is 0. The van der Waals surface area contributed by atoms with Crippen LogP contribution in [0.4, 0.5) is 5.69 Å². The number of aromatic nitrogens is 3. The standard InChI is InChI=1S/C10H10N6O2/c11-6-4-16(15-7(6)9(13)18)10-5(8(12)17)2-1-3-14-10/h1-4H,11H2,(H2,12,17)(H2,13,18). The first-order valence-corrected chi connectivity index (χ1v) is 4.91. The van der Waals surface area contributed by atoms with Gasteiger partial charge in [-0.25, -0.2) is 9.67 Å². The van der Waals surface area contributed by atoms with Crippen molar-refractivity contribution in [1.29, 1.82) is 0 Å². The lowest BCUT2D eigenvalue weighted by Crippen LogP contribution is -2.17. The monoisotopic (exact) mass is 246 g/mol. The highest BCUT2D eigenvalue weighted by molar-refractivity contribution is 5.97. The molecular weight excluding hydrogens is 236 g/mol. The minimum atomic E-state index is -0.761. The maximum atomic E-state index is 11.2. The molecule has 0 spiro atoms. The van der Waals surface area contributed by atoms with E-state index in [0.29, 0.717) is 0 Å². The average Bonchev–Trinajstić information content (AvgIpc) is 2.71. The minimum absolute atomic E-state index is 0.0870. The maximum absolute atomic E-state index is 11.2. The number of rotatable bonds is 3. The lowest BCUT2D eigenvalue weighted by molar-refractivity contribution is 0.0991. The number of carbonyl (C=O) groups is 2. The highest BCUT2D eigenvalue weighted by atomic mass is 16.1. The molecule has 0 atom stereocenters. The first-order chi connectivity index (χ1) is 8.50. The summed E-state index contributed by atoms with van der Waals surface area (Å²) in [6.07, 6.45) is 2.80. The Morgan fingerprint density at radius 3 is 2.50 bits per heavy atom. The van der Waals surface area contributed by atoms with Crippen LogP contribution in [0.1, 0.15) is 20.8 Å². The lowest BCUT2D eigenvalue weighted by atomic mass is 10.2. The SMILES string of the molecule is NC(=O)c1cccnc1-n1cc(N)c(C(N)=O)n1. The van der Waals surface area contributed by atoms with E-state index in [0.717, 1.165) is 0 Å². The third-order valence-corrected chi connectivity index (χ3v) is 2.25. The van der Waals surface area contributed by atoms with E-state index in [9.17, 15) is 9.59 Å². The van der Waals surface area contributed by atoms with Crippen LogP contribution in [-0.4, -0.2) is 26.6 Å². The zero-order valence-corrected chi connectivity index (χ0v) is 9.20. The first-order valence-electron chi connectivity index (χ1n) is 4.91. The van der Waals surface area contributed by atoms with Crippen molar-refractivity contribution >= 4 is 17.5 Å². The number of anilines is 1. The van der Waals surface area contributed by atoms with E-state index in [1.807, 2.05) is 0 Å². The molecule has 0 bridgehead atoms. The average molecular weight is 246 g/mol. The summed E-state index contributed by atoms with van der Waals surface area (Å²) in [6, 6.07) is 3.05. The number of hydrogen-bond acceptors (Lipinski definition) is 5. The normalized spacial score (nSPS) is 10.2. The number of nitrogens with zero attached hydrogens (tertiary/aromatic N) is 3. The van der Waals surface area contributed by atoms with E-state index in [1.165, 1.54) is 23.1 Å². The molecule has 2 aromatic rings. The van der Waals surface area contributed by atoms with Crippen molar-refractivity contribution in [2.45, 2.75) is 0 Å². The molecule has 92 valence electrons. The van der Waals surface area contributed by atoms with Gasteiger partial charge in [0.2, 0.25) is 0 Å². The number of carbonyl (C=O) groups excluding carboxylic acids is 2. The molecule has 2 heterocycles. The Labute approximate surface area is 101 Å². The Morgan fingerprint density at radius 2 is 1.94 bits per heavy atom. The summed E-state index contributed by atoms with van der Waals surface area (Å²) in [5, 5.41) is 3.87. The number of hydrogen-bond donors (Lipinski definition) is 3. The Bertz CT molecular complexity index is 633. The van der Waals surface area contributed by atoms with E-state index in [1.54, 1.807) is 6.07 Å². The van der Waals surface area contributed by atoms with Crippen molar-refractivity contribution in [2.24, 2.45) is 11.5 Å². The molecule has 0 aliphatic heterocycles. The smallest absolute Gasteiger partial charge is 0.271 e. The highest BCUT2D eigenvalue weighted by Gasteiger charge is 2.16. The van der Waals surface area contributed by atoms with Gasteiger partial charge in [-0.2, -0.15) is 5.10 Å². The molecule has 18 heavy (non-hydrogen) atoms. The molecule has 0 aliphatic rings. The van der Waals surface area contributed by atoms with Gasteiger partial charge >= 0.3 is 0 Å². The topological polar surface area (TPSA) is 143 Å². The molecule has 2 aromatic heterocycles. The second-order valence-electron chi connectivity index (χ2n) is 3.48. The molecule has 0 aromatic carbocycles. The van der Waals surface area contributed by atoms with Crippen LogP contribution in [0.15, 0.2) is 24.5 Å². The molecular formula is C10H10N6O2. The first kappa shape index (κ1) is 11.6. The van der Waals surface area contributed by atoms with Crippen molar-refractivity contribution in [2.75, 3.05) is 5.73 Å². The van der Waals surface area contributed by atoms with E-state index < -0.39 is 11.8 Å². The van der Waals surface area contributed by atoms with E-state index >= 15 is 0 Å². The molecule has 2 rings (SSSR count). The summed E-state index contributed by atoms with van der Waals surface area (Å²) in [5.74, 6) is -1.24. The van der Waals surface area contributed by atoms with Gasteiger partial charge in [0.15, 0.2) is 11.5 Å². The molecule has 8 heteroatoms. The molecule has 6 N–H and O–H groups in total. The molecule has 0 aliphatic carbocycles. The van der Waals surface area contributed by atoms with Gasteiger partial charge in [-0.1, -0.05) is 0 Å². The minimum Gasteiger partial charge on any atom is -0.396 e. The van der Waals surface area contributed by atoms with Gasteiger partial charge in [-0.05, 0) is 12.1 Å². The number of nitrogen functional groups attached to an aromatic ring is 1. The number of nitrogens with two attached hydrogens (primary N) is 3. The fourth-order valence-electron chi connectivity index (χ4n) is 1.46. The molecule has 8 nitrogen and oxygen atoms in total. The van der Waals surface area contributed by atoms with Crippen molar-refractivity contribution in [3.05, 3.63) is 35.8 Å².